The average Bonchev–Trinajstić information content (AvgIpc) is 2.73. The lowest BCUT2D eigenvalue weighted by molar-refractivity contribution is -0.109. The van der Waals surface area contributed by atoms with Crippen LogP contribution in [-0.4, -0.2) is 23.5 Å². The van der Waals surface area contributed by atoms with Crippen molar-refractivity contribution in [2.24, 2.45) is 0 Å². The van der Waals surface area contributed by atoms with Gasteiger partial charge in [-0.3, -0.25) is 4.79 Å². The summed E-state index contributed by atoms with van der Waals surface area (Å²) in [6, 6.07) is 31.9. The molecule has 138 valence electrons. The third-order valence-corrected chi connectivity index (χ3v) is 6.23. The van der Waals surface area contributed by atoms with Crippen molar-refractivity contribution in [3.05, 3.63) is 108 Å². The van der Waals surface area contributed by atoms with Crippen LogP contribution >= 0.6 is 27.7 Å². The second-order valence-electron chi connectivity index (χ2n) is 6.16. The van der Waals surface area contributed by atoms with E-state index in [0.717, 1.165) is 12.3 Å². The maximum absolute atomic E-state index is 11.1. The molecule has 0 aliphatic rings. The molecule has 2 nitrogen and oxygen atoms in total. The molecule has 3 aromatic carbocycles. The molecule has 0 saturated heterocycles. The van der Waals surface area contributed by atoms with E-state index in [0.29, 0.717) is 6.54 Å². The maximum Gasteiger partial charge on any atom is 0.211 e. The van der Waals surface area contributed by atoms with E-state index in [9.17, 15) is 4.79 Å². The topological polar surface area (TPSA) is 29.1 Å². The van der Waals surface area contributed by atoms with Crippen molar-refractivity contribution in [2.75, 3.05) is 18.8 Å². The molecule has 0 saturated carbocycles. The fourth-order valence-electron chi connectivity index (χ4n) is 3.23. The number of hydrogen-bond donors (Lipinski definition) is 1. The van der Waals surface area contributed by atoms with E-state index in [1.54, 1.807) is 0 Å². The summed E-state index contributed by atoms with van der Waals surface area (Å²) in [5.74, 6) is 0.874. The molecular weight excluding hydrogens is 418 g/mol. The highest BCUT2D eigenvalue weighted by Crippen LogP contribution is 2.48. The Morgan fingerprint density at radius 3 is 1.56 bits per heavy atom. The van der Waals surface area contributed by atoms with Gasteiger partial charge in [-0.2, -0.15) is 0 Å². The SMILES string of the molecule is O=C(Br)CNCCSC(c1ccccc1)(c1ccccc1)c1ccccc1. The number of nitrogens with one attached hydrogen (secondary N) is 1. The van der Waals surface area contributed by atoms with Crippen molar-refractivity contribution in [1.29, 1.82) is 0 Å². The highest BCUT2D eigenvalue weighted by Gasteiger charge is 2.36. The van der Waals surface area contributed by atoms with E-state index >= 15 is 0 Å². The normalized spacial score (nSPS) is 11.3. The minimum Gasteiger partial charge on any atom is -0.308 e. The van der Waals surface area contributed by atoms with Crippen LogP contribution in [0.2, 0.25) is 0 Å². The summed E-state index contributed by atoms with van der Waals surface area (Å²) in [6.07, 6.45) is 0. The summed E-state index contributed by atoms with van der Waals surface area (Å²) in [5, 5.41) is 3.19. The molecule has 0 fully saturated rings. The highest BCUT2D eigenvalue weighted by molar-refractivity contribution is 9.18. The molecule has 0 bridgehead atoms. The zero-order chi connectivity index (χ0) is 19.0. The zero-order valence-electron chi connectivity index (χ0n) is 15.0. The first-order valence-electron chi connectivity index (χ1n) is 8.93. The fourth-order valence-corrected chi connectivity index (χ4v) is 4.89. The van der Waals surface area contributed by atoms with E-state index in [2.05, 4.69) is 112 Å². The summed E-state index contributed by atoms with van der Waals surface area (Å²) < 4.78 is -0.322. The molecule has 0 atom stereocenters. The predicted molar refractivity (Wildman–Crippen MR) is 118 cm³/mol. The number of rotatable bonds is 9. The Morgan fingerprint density at radius 1 is 0.778 bits per heavy atom. The summed E-state index contributed by atoms with van der Waals surface area (Å²) >= 11 is 4.86. The van der Waals surface area contributed by atoms with Crippen LogP contribution in [0.25, 0.3) is 0 Å². The Kier molecular flexibility index (Phi) is 7.27. The molecule has 0 radical (unpaired) electrons. The van der Waals surface area contributed by atoms with Gasteiger partial charge in [0.05, 0.1) is 11.3 Å². The lowest BCUT2D eigenvalue weighted by Gasteiger charge is -2.35. The molecule has 1 N–H and O–H groups in total. The van der Waals surface area contributed by atoms with Gasteiger partial charge in [-0.15, -0.1) is 11.8 Å². The average molecular weight is 440 g/mol. The predicted octanol–water partition coefficient (Wildman–Crippen LogP) is 5.22. The van der Waals surface area contributed by atoms with Crippen molar-refractivity contribution in [3.63, 3.8) is 0 Å². The number of hydrogen-bond acceptors (Lipinski definition) is 3. The summed E-state index contributed by atoms with van der Waals surface area (Å²) in [6.45, 7) is 1.10. The first-order valence-corrected chi connectivity index (χ1v) is 10.7. The van der Waals surface area contributed by atoms with Gasteiger partial charge in [0.25, 0.3) is 0 Å². The summed E-state index contributed by atoms with van der Waals surface area (Å²) in [5.41, 5.74) is 3.76. The molecule has 4 heteroatoms. The molecule has 0 aromatic heterocycles. The Bertz CT molecular complexity index is 743. The Balaban J connectivity index is 2.02. The van der Waals surface area contributed by atoms with E-state index in [1.165, 1.54) is 16.7 Å². The van der Waals surface area contributed by atoms with Gasteiger partial charge in [0.2, 0.25) is 4.69 Å². The van der Waals surface area contributed by atoms with Gasteiger partial charge in [0, 0.05) is 12.3 Å². The minimum atomic E-state index is -0.302. The third kappa shape index (κ3) is 4.89. The standard InChI is InChI=1S/C23H22BrNOS/c24-22(26)18-25-16-17-27-23(19-10-4-1-5-11-19,20-12-6-2-7-13-20)21-14-8-3-9-15-21/h1-15,25H,16-18H2. The number of carbonyl (C=O) groups is 1. The molecule has 0 heterocycles. The lowest BCUT2D eigenvalue weighted by Crippen LogP contribution is -2.29. The van der Waals surface area contributed by atoms with Crippen LogP contribution in [0.4, 0.5) is 0 Å². The van der Waals surface area contributed by atoms with Gasteiger partial charge in [-0.25, -0.2) is 0 Å². The first kappa shape index (κ1) is 19.9. The van der Waals surface area contributed by atoms with Gasteiger partial charge < -0.3 is 5.32 Å². The minimum absolute atomic E-state index is 0.0204. The Morgan fingerprint density at radius 2 is 1.19 bits per heavy atom. The molecule has 0 aliphatic heterocycles. The van der Waals surface area contributed by atoms with Crippen molar-refractivity contribution < 1.29 is 4.79 Å². The largest absolute Gasteiger partial charge is 0.308 e. The third-order valence-electron chi connectivity index (χ3n) is 4.40. The van der Waals surface area contributed by atoms with Crippen LogP contribution < -0.4 is 5.32 Å². The number of benzene rings is 3. The molecule has 27 heavy (non-hydrogen) atoms. The van der Waals surface area contributed by atoms with E-state index in [1.807, 2.05) is 11.8 Å². The van der Waals surface area contributed by atoms with E-state index in [4.69, 9.17) is 0 Å². The molecule has 3 aromatic rings. The lowest BCUT2D eigenvalue weighted by atomic mass is 9.84. The van der Waals surface area contributed by atoms with Crippen LogP contribution in [-0.2, 0) is 9.54 Å². The van der Waals surface area contributed by atoms with Crippen molar-refractivity contribution in [2.45, 2.75) is 4.75 Å². The zero-order valence-corrected chi connectivity index (χ0v) is 17.4. The number of thioether (sulfide) groups is 1. The van der Waals surface area contributed by atoms with Gasteiger partial charge in [-0.1, -0.05) is 91.0 Å². The molecule has 3 rings (SSSR count). The van der Waals surface area contributed by atoms with Gasteiger partial charge in [-0.05, 0) is 32.6 Å². The molecule has 0 amide bonds. The second-order valence-corrected chi connectivity index (χ2v) is 8.35. The van der Waals surface area contributed by atoms with Crippen molar-refractivity contribution >= 4 is 32.4 Å². The van der Waals surface area contributed by atoms with Gasteiger partial charge >= 0.3 is 0 Å². The van der Waals surface area contributed by atoms with Crippen LogP contribution in [0.3, 0.4) is 0 Å². The molecular formula is C23H22BrNOS. The van der Waals surface area contributed by atoms with Gasteiger partial charge in [0.15, 0.2) is 0 Å². The summed E-state index contributed by atoms with van der Waals surface area (Å²) in [7, 11) is 0. The fraction of sp³-hybridized carbons (Fsp3) is 0.174. The highest BCUT2D eigenvalue weighted by atomic mass is 79.9. The Hall–Kier alpha value is -1.88. The second kappa shape index (κ2) is 9.88. The smallest absolute Gasteiger partial charge is 0.211 e. The van der Waals surface area contributed by atoms with E-state index in [-0.39, 0.29) is 9.44 Å². The molecule has 0 unspecified atom stereocenters. The van der Waals surface area contributed by atoms with Crippen molar-refractivity contribution in [1.82, 2.24) is 5.32 Å². The quantitative estimate of drug-likeness (QED) is 0.281. The van der Waals surface area contributed by atoms with Gasteiger partial charge in [0.1, 0.15) is 0 Å². The van der Waals surface area contributed by atoms with Crippen LogP contribution in [0.5, 0.6) is 0 Å². The Labute approximate surface area is 173 Å². The molecule has 0 spiro atoms. The monoisotopic (exact) mass is 439 g/mol. The summed E-state index contributed by atoms with van der Waals surface area (Å²) in [4.78, 5) is 11.1. The first-order chi connectivity index (χ1) is 13.2. The molecule has 0 aliphatic carbocycles. The maximum atomic E-state index is 11.1. The van der Waals surface area contributed by atoms with Crippen LogP contribution in [0.1, 0.15) is 16.7 Å². The van der Waals surface area contributed by atoms with Crippen LogP contribution in [0, 0.1) is 0 Å². The van der Waals surface area contributed by atoms with Crippen molar-refractivity contribution in [3.8, 4) is 0 Å². The van der Waals surface area contributed by atoms with Crippen LogP contribution in [0.15, 0.2) is 91.0 Å². The number of halogens is 1. The number of carbonyl (C=O) groups excluding carboxylic acids is 1. The van der Waals surface area contributed by atoms with E-state index < -0.39 is 0 Å².